The molecule has 2 N–H and O–H groups in total. The maximum atomic E-state index is 13.7. The number of sulfonamides is 2. The lowest BCUT2D eigenvalue weighted by atomic mass is 9.63. The first-order chi connectivity index (χ1) is 52.4. The Morgan fingerprint density at radius 1 is 0.518 bits per heavy atom. The zero-order valence-corrected chi connectivity index (χ0v) is 69.2. The van der Waals surface area contributed by atoms with Crippen LogP contribution in [-0.4, -0.2) is 241 Å². The number of aryl methyl sites for hydroxylation is 2. The number of ether oxygens (including phenoxy) is 4. The van der Waals surface area contributed by atoms with E-state index in [1.165, 1.54) is 22.3 Å². The van der Waals surface area contributed by atoms with Gasteiger partial charge in [0.15, 0.2) is 19.7 Å². The van der Waals surface area contributed by atoms with Gasteiger partial charge in [-0.05, 0) is 209 Å². The predicted molar refractivity (Wildman–Crippen MR) is 431 cm³/mol. The number of halogens is 2. The molecule has 2 saturated carbocycles. The maximum absolute atomic E-state index is 13.7. The van der Waals surface area contributed by atoms with E-state index in [1.54, 1.807) is 52.3 Å². The molecule has 4 bridgehead atoms. The summed E-state index contributed by atoms with van der Waals surface area (Å²) >= 11 is 13.0. The number of allylic oxidation sites excluding steroid dienone is 2. The fourth-order valence-electron chi connectivity index (χ4n) is 20.7. The molecule has 8 aliphatic heterocycles. The molecule has 2 amide bonds. The van der Waals surface area contributed by atoms with Crippen LogP contribution in [0.3, 0.4) is 0 Å². The first-order valence-electron chi connectivity index (χ1n) is 39.9. The Bertz CT molecular complexity index is 4420. The minimum absolute atomic E-state index is 0.0395. The molecule has 0 radical (unpaired) electrons. The van der Waals surface area contributed by atoms with Crippen molar-refractivity contribution in [1.82, 2.24) is 29.0 Å². The fourth-order valence-corrected chi connectivity index (χ4v) is 26.8. The maximum Gasteiger partial charge on any atom is 0.264 e. The molecule has 6 fully saturated rings. The molecule has 14 atom stereocenters. The monoisotopic (exact) mass is 1630 g/mol. The number of piperazine rings is 2. The highest BCUT2D eigenvalue weighted by molar-refractivity contribution is 7.92. The predicted octanol–water partition coefficient (Wildman–Crippen LogP) is 9.37. The van der Waals surface area contributed by atoms with E-state index in [2.05, 4.69) is 87.4 Å². The Labute approximate surface area is 661 Å². The first-order valence-corrected chi connectivity index (χ1v) is 47.4. The summed E-state index contributed by atoms with van der Waals surface area (Å²) in [6.45, 7) is 17.8. The molecule has 28 heteroatoms. The Kier molecular flexibility index (Phi) is 22.8. The molecule has 0 unspecified atom stereocenters. The second kappa shape index (κ2) is 31.3. The van der Waals surface area contributed by atoms with E-state index in [0.717, 1.165) is 112 Å². The largest absolute Gasteiger partial charge is 0.490 e. The lowest BCUT2D eigenvalue weighted by molar-refractivity contribution is -0.0982. The third-order valence-corrected chi connectivity index (χ3v) is 35.5. The third-order valence-electron chi connectivity index (χ3n) is 27.8. The Morgan fingerprint density at radius 3 is 1.33 bits per heavy atom. The van der Waals surface area contributed by atoms with Crippen molar-refractivity contribution in [2.45, 2.75) is 149 Å². The number of hydrogen-bond acceptors (Lipinski definition) is 20. The zero-order valence-electron chi connectivity index (χ0n) is 64.4. The van der Waals surface area contributed by atoms with Crippen LogP contribution < -0.4 is 28.7 Å². The van der Waals surface area contributed by atoms with E-state index >= 15 is 0 Å². The number of nitrogens with zero attached hydrogens (tertiary/aromatic N) is 6. The van der Waals surface area contributed by atoms with Gasteiger partial charge in [-0.2, -0.15) is 0 Å². The molecule has 12 aliphatic rings. The number of hydrogen-bond donors (Lipinski definition) is 2. The number of nitrogens with one attached hydrogen (secondary N) is 2. The number of carbonyl (C=O) groups excluding carboxylic acids is 2. The van der Waals surface area contributed by atoms with Gasteiger partial charge < -0.3 is 28.7 Å². The Balaban J connectivity index is 0.000000175. The lowest BCUT2D eigenvalue weighted by Gasteiger charge is -2.53. The van der Waals surface area contributed by atoms with Crippen molar-refractivity contribution in [3.05, 3.63) is 141 Å². The Hall–Kier alpha value is -5.36. The number of rotatable bonds is 6. The smallest absolute Gasteiger partial charge is 0.264 e. The molecule has 4 saturated heterocycles. The highest BCUT2D eigenvalue weighted by Gasteiger charge is 2.54. The topological polar surface area (TPSA) is 251 Å². The summed E-state index contributed by atoms with van der Waals surface area (Å²) in [6, 6.07) is 22.9. The van der Waals surface area contributed by atoms with Crippen molar-refractivity contribution >= 4 is 86.1 Å². The van der Waals surface area contributed by atoms with Gasteiger partial charge in [0.2, 0.25) is 20.0 Å². The number of anilines is 2. The summed E-state index contributed by atoms with van der Waals surface area (Å²) in [5, 5.41) is -0.213. The van der Waals surface area contributed by atoms with Gasteiger partial charge in [-0.25, -0.2) is 43.1 Å². The van der Waals surface area contributed by atoms with E-state index in [-0.39, 0.29) is 92.6 Å². The molecular weight excluding hydrogens is 1520 g/mol. The van der Waals surface area contributed by atoms with Crippen molar-refractivity contribution in [3.63, 3.8) is 0 Å². The van der Waals surface area contributed by atoms with Crippen LogP contribution in [0.2, 0.25) is 10.0 Å². The highest BCUT2D eigenvalue weighted by Crippen LogP contribution is 2.53. The molecule has 600 valence electrons. The second-order valence-electron chi connectivity index (χ2n) is 34.5. The van der Waals surface area contributed by atoms with Gasteiger partial charge in [0, 0.05) is 150 Å². The second-order valence-corrected chi connectivity index (χ2v) is 43.9. The van der Waals surface area contributed by atoms with Gasteiger partial charge in [-0.3, -0.25) is 29.2 Å². The third kappa shape index (κ3) is 16.1. The molecule has 4 aromatic rings. The molecule has 8 heterocycles. The van der Waals surface area contributed by atoms with Crippen molar-refractivity contribution < 1.29 is 62.2 Å². The van der Waals surface area contributed by atoms with Gasteiger partial charge in [-0.15, -0.1) is 0 Å². The van der Waals surface area contributed by atoms with E-state index in [1.807, 2.05) is 38.1 Å². The van der Waals surface area contributed by atoms with Crippen molar-refractivity contribution in [1.29, 1.82) is 0 Å². The minimum atomic E-state index is -4.01. The first kappa shape index (κ1) is 79.9. The number of sulfone groups is 2. The van der Waals surface area contributed by atoms with Crippen molar-refractivity contribution in [2.75, 3.05) is 152 Å². The zero-order chi connectivity index (χ0) is 77.5. The summed E-state index contributed by atoms with van der Waals surface area (Å²) in [7, 11) is -10.6. The molecule has 4 aliphatic carbocycles. The van der Waals surface area contributed by atoms with Crippen LogP contribution in [0.1, 0.15) is 135 Å². The molecule has 4 aromatic carbocycles. The number of amides is 2. The van der Waals surface area contributed by atoms with Crippen LogP contribution in [0.25, 0.3) is 0 Å². The normalized spacial score (nSPS) is 35.5. The van der Waals surface area contributed by atoms with Crippen LogP contribution in [0.5, 0.6) is 11.5 Å². The highest BCUT2D eigenvalue weighted by atomic mass is 35.5. The van der Waals surface area contributed by atoms with E-state index in [9.17, 15) is 43.3 Å². The van der Waals surface area contributed by atoms with Crippen LogP contribution in [-0.2, 0) is 72.9 Å². The van der Waals surface area contributed by atoms with Crippen LogP contribution in [0.4, 0.5) is 11.4 Å². The van der Waals surface area contributed by atoms with Gasteiger partial charge in [0.05, 0.1) is 58.1 Å². The summed E-state index contributed by atoms with van der Waals surface area (Å²) in [6.07, 6.45) is 19.2. The average molecular weight is 1630 g/mol. The summed E-state index contributed by atoms with van der Waals surface area (Å²) in [5.74, 6) is 1.11. The van der Waals surface area contributed by atoms with Gasteiger partial charge in [-0.1, -0.05) is 73.5 Å². The molecule has 16 rings (SSSR count). The fraction of sp³-hybridized carbons (Fsp3) is 0.634. The standard InChI is InChI=1S/2C41H55ClN4O7S2/c2*1-28-6-4-15-41(52-3,26-44-16-17-45-18-19-54(48,49)24-34(45)23-44)36-11-8-32(36)22-46-25-40(14-5-7-30-20-33(42)10-12-35(30)40)27-53-38-13-9-31(21-37(38)46)39(47)43-55(50,51)29(28)2/h2*4,9-10,12-13,15,20-21,28-29,32,34,36H,5-8,11,14,16-19,22-27H2,1-3H3,(H,43,47)/b2*15-4+/t28-,29+,32-,34+,36+,40-,41-;28-,29+,32-,34-,36+,40-,41-/m00/s1. The molecular formula is C82H110Cl2N8O14S4. The summed E-state index contributed by atoms with van der Waals surface area (Å²) in [5.41, 5.74) is 5.13. The average Bonchev–Trinajstić information content (AvgIpc) is 1.41. The van der Waals surface area contributed by atoms with E-state index in [0.29, 0.717) is 103 Å². The number of benzene rings is 4. The lowest BCUT2D eigenvalue weighted by Crippen LogP contribution is -2.63. The van der Waals surface area contributed by atoms with Crippen molar-refractivity contribution in [2.24, 2.45) is 35.5 Å². The Morgan fingerprint density at radius 2 is 0.936 bits per heavy atom. The minimum Gasteiger partial charge on any atom is -0.490 e. The number of carbonyl (C=O) groups is 2. The van der Waals surface area contributed by atoms with Crippen LogP contribution in [0.15, 0.2) is 97.1 Å². The number of fused-ring (bicyclic) bond motifs is 10. The summed E-state index contributed by atoms with van der Waals surface area (Å²) in [4.78, 5) is 41.5. The van der Waals surface area contributed by atoms with Gasteiger partial charge in [0.25, 0.3) is 11.8 Å². The van der Waals surface area contributed by atoms with Crippen LogP contribution >= 0.6 is 23.2 Å². The van der Waals surface area contributed by atoms with Gasteiger partial charge >= 0.3 is 0 Å². The molecule has 22 nitrogen and oxygen atoms in total. The quantitative estimate of drug-likeness (QED) is 0.171. The SMILES string of the molecule is CO[C@]1(CN2CCN3CCS(=O)(=O)C[C@@H]3C2)/C=C/C[C@H](C)[C@@H](C)S(=O)(=O)NC(=O)c2ccc3c(c2)N(C[C@@H]2CC[C@H]21)C[C@@]1(CCCc2cc(Cl)ccc21)CO3.CO[C@]1(CN2CCN3CCS(=O)(=O)C[C@H]3C2)/C=C/C[C@H](C)[C@@H](C)S(=O)(=O)NC(=O)c2ccc3c(c2)N(C[C@@H]2CC[C@H]21)C[C@@]1(CCCc2cc(Cl)ccc21)CO3. The van der Waals surface area contributed by atoms with Crippen molar-refractivity contribution in [3.8, 4) is 11.5 Å². The van der Waals surface area contributed by atoms with E-state index < -0.39 is 73.2 Å². The summed E-state index contributed by atoms with van der Waals surface area (Å²) < 4.78 is 137. The molecule has 0 aromatic heterocycles. The molecule has 2 spiro atoms. The molecule has 110 heavy (non-hydrogen) atoms. The number of methoxy groups -OCH3 is 2. The van der Waals surface area contributed by atoms with Crippen LogP contribution in [0, 0.1) is 35.5 Å². The van der Waals surface area contributed by atoms with E-state index in [4.69, 9.17) is 42.1 Å². The van der Waals surface area contributed by atoms with Gasteiger partial charge in [0.1, 0.15) is 22.7 Å².